The highest BCUT2D eigenvalue weighted by Crippen LogP contribution is 2.13. The molecule has 0 unspecified atom stereocenters. The molecule has 0 bridgehead atoms. The highest BCUT2D eigenvalue weighted by molar-refractivity contribution is 5.83. The summed E-state index contributed by atoms with van der Waals surface area (Å²) in [6.45, 7) is 7.97. The quantitative estimate of drug-likeness (QED) is 0.420. The zero-order valence-electron chi connectivity index (χ0n) is 17.0. The molecule has 0 aromatic carbocycles. The molecule has 0 aliphatic carbocycles. The van der Waals surface area contributed by atoms with Gasteiger partial charge in [0.15, 0.2) is 0 Å². The maximum absolute atomic E-state index is 11.5. The molecular weight excluding hydrogens is 336 g/mol. The van der Waals surface area contributed by atoms with Crippen LogP contribution in [-0.2, 0) is 19.1 Å². The molecule has 2 atom stereocenters. The number of carboxylic acid groups (broad SMARTS) is 1. The largest absolute Gasteiger partial charge is 0.481 e. The number of ketones is 2. The van der Waals surface area contributed by atoms with Gasteiger partial charge >= 0.3 is 5.97 Å². The van der Waals surface area contributed by atoms with Crippen LogP contribution in [-0.4, -0.2) is 41.1 Å². The first-order chi connectivity index (χ1) is 12.4. The van der Waals surface area contributed by atoms with Gasteiger partial charge in [-0.15, -0.1) is 0 Å². The van der Waals surface area contributed by atoms with E-state index in [-0.39, 0.29) is 30.7 Å². The average Bonchev–Trinajstić information content (AvgIpc) is 2.59. The molecule has 6 heteroatoms. The fourth-order valence-corrected chi connectivity index (χ4v) is 2.65. The number of carboxylic acids is 1. The van der Waals surface area contributed by atoms with Crippen LogP contribution in [0.25, 0.3) is 0 Å². The number of Topliss-reactive ketones (excluding diaryl/α,β-unsaturated/α-hetero) is 2. The molecular formula is C20H38O6. The zero-order chi connectivity index (χ0) is 20.4. The molecule has 0 fully saturated rings. The van der Waals surface area contributed by atoms with E-state index in [1.807, 2.05) is 27.7 Å². The van der Waals surface area contributed by atoms with Gasteiger partial charge in [0.05, 0.1) is 12.5 Å². The SMILES string of the molecule is CCCC(=O)C[C@@H](CCC)C(=O)O.CCCC(=O)[C@@H](CCC)COCO. The standard InChI is InChI=1S/C10H20O3.C10H18O3/c1-3-5-9(7-13-8-11)10(12)6-4-2;1-3-5-8(10(12)13)7-9(11)6-4-2/h9,11H,3-8H2,1-2H3;8H,3-7H2,1-2H3,(H,12,13)/t9-;8-/m01/s1. The first kappa shape index (κ1) is 27.0. The maximum atomic E-state index is 11.5. The van der Waals surface area contributed by atoms with Crippen molar-refractivity contribution in [2.75, 3.05) is 13.4 Å². The molecule has 0 aliphatic rings. The van der Waals surface area contributed by atoms with Gasteiger partial charge in [0.1, 0.15) is 18.4 Å². The van der Waals surface area contributed by atoms with Crippen molar-refractivity contribution in [3.8, 4) is 0 Å². The second-order valence-electron chi connectivity index (χ2n) is 6.52. The molecule has 0 aliphatic heterocycles. The Balaban J connectivity index is 0. The van der Waals surface area contributed by atoms with E-state index < -0.39 is 11.9 Å². The van der Waals surface area contributed by atoms with E-state index in [9.17, 15) is 14.4 Å². The van der Waals surface area contributed by atoms with Gasteiger partial charge < -0.3 is 14.9 Å². The van der Waals surface area contributed by atoms with Crippen molar-refractivity contribution in [1.82, 2.24) is 0 Å². The van der Waals surface area contributed by atoms with Gasteiger partial charge in [0.25, 0.3) is 0 Å². The van der Waals surface area contributed by atoms with Crippen LogP contribution in [0.2, 0.25) is 0 Å². The summed E-state index contributed by atoms with van der Waals surface area (Å²) >= 11 is 0. The minimum Gasteiger partial charge on any atom is -0.481 e. The summed E-state index contributed by atoms with van der Waals surface area (Å²) in [5.74, 6) is -0.992. The lowest BCUT2D eigenvalue weighted by Gasteiger charge is -2.13. The average molecular weight is 375 g/mol. The molecule has 0 aromatic rings. The summed E-state index contributed by atoms with van der Waals surface area (Å²) in [4.78, 5) is 33.3. The van der Waals surface area contributed by atoms with Crippen LogP contribution < -0.4 is 0 Å². The normalized spacial score (nSPS) is 12.7. The Morgan fingerprint density at radius 3 is 1.81 bits per heavy atom. The van der Waals surface area contributed by atoms with E-state index >= 15 is 0 Å². The van der Waals surface area contributed by atoms with Gasteiger partial charge in [-0.2, -0.15) is 0 Å². The van der Waals surface area contributed by atoms with Crippen LogP contribution in [0.5, 0.6) is 0 Å². The van der Waals surface area contributed by atoms with E-state index in [0.29, 0.717) is 25.9 Å². The number of aliphatic hydroxyl groups excluding tert-OH is 1. The highest BCUT2D eigenvalue weighted by Gasteiger charge is 2.19. The van der Waals surface area contributed by atoms with Crippen molar-refractivity contribution in [2.24, 2.45) is 11.8 Å². The number of hydrogen-bond acceptors (Lipinski definition) is 5. The molecule has 0 rings (SSSR count). The molecule has 0 amide bonds. The maximum Gasteiger partial charge on any atom is 0.306 e. The predicted octanol–water partition coefficient (Wildman–Crippen LogP) is 3.98. The zero-order valence-corrected chi connectivity index (χ0v) is 17.0. The van der Waals surface area contributed by atoms with E-state index in [1.165, 1.54) is 0 Å². The van der Waals surface area contributed by atoms with E-state index in [1.54, 1.807) is 0 Å². The first-order valence-corrected chi connectivity index (χ1v) is 9.83. The molecule has 154 valence electrons. The van der Waals surface area contributed by atoms with Crippen molar-refractivity contribution in [2.45, 2.75) is 85.5 Å². The van der Waals surface area contributed by atoms with Gasteiger partial charge in [-0.1, -0.05) is 40.5 Å². The summed E-state index contributed by atoms with van der Waals surface area (Å²) in [7, 11) is 0. The Labute approximate surface area is 158 Å². The van der Waals surface area contributed by atoms with Crippen LogP contribution in [0.4, 0.5) is 0 Å². The van der Waals surface area contributed by atoms with Gasteiger partial charge in [0.2, 0.25) is 0 Å². The number of rotatable bonds is 15. The van der Waals surface area contributed by atoms with Crippen LogP contribution in [0, 0.1) is 11.8 Å². The molecule has 0 heterocycles. The topological polar surface area (TPSA) is 101 Å². The molecule has 2 N–H and O–H groups in total. The number of aliphatic carboxylic acids is 1. The minimum atomic E-state index is -0.841. The number of hydrogen-bond donors (Lipinski definition) is 2. The third-order valence-corrected chi connectivity index (χ3v) is 3.99. The predicted molar refractivity (Wildman–Crippen MR) is 102 cm³/mol. The molecule has 0 aromatic heterocycles. The van der Waals surface area contributed by atoms with Crippen molar-refractivity contribution in [1.29, 1.82) is 0 Å². The van der Waals surface area contributed by atoms with Gasteiger partial charge in [-0.05, 0) is 25.7 Å². The number of carbonyl (C=O) groups is 3. The number of ether oxygens (including phenoxy) is 1. The second-order valence-corrected chi connectivity index (χ2v) is 6.52. The summed E-state index contributed by atoms with van der Waals surface area (Å²) in [5.41, 5.74) is 0. The molecule has 0 spiro atoms. The third-order valence-electron chi connectivity index (χ3n) is 3.99. The Bertz CT molecular complexity index is 380. The number of carbonyl (C=O) groups excluding carboxylic acids is 2. The molecule has 0 saturated heterocycles. The van der Waals surface area contributed by atoms with E-state index in [2.05, 4.69) is 0 Å². The molecule has 26 heavy (non-hydrogen) atoms. The smallest absolute Gasteiger partial charge is 0.306 e. The summed E-state index contributed by atoms with van der Waals surface area (Å²) in [6.07, 6.45) is 6.29. The monoisotopic (exact) mass is 374 g/mol. The summed E-state index contributed by atoms with van der Waals surface area (Å²) in [5, 5.41) is 17.2. The highest BCUT2D eigenvalue weighted by atomic mass is 16.6. The lowest BCUT2D eigenvalue weighted by atomic mass is 9.96. The van der Waals surface area contributed by atoms with Crippen molar-refractivity contribution < 1.29 is 29.3 Å². The minimum absolute atomic E-state index is 0.0166. The fraction of sp³-hybridized carbons (Fsp3) is 0.850. The fourth-order valence-electron chi connectivity index (χ4n) is 2.65. The van der Waals surface area contributed by atoms with E-state index in [0.717, 1.165) is 32.1 Å². The van der Waals surface area contributed by atoms with Gasteiger partial charge in [0, 0.05) is 25.2 Å². The van der Waals surface area contributed by atoms with Crippen molar-refractivity contribution in [3.63, 3.8) is 0 Å². The lowest BCUT2D eigenvalue weighted by Crippen LogP contribution is -2.20. The van der Waals surface area contributed by atoms with Crippen LogP contribution in [0.1, 0.15) is 85.5 Å². The summed E-state index contributed by atoms with van der Waals surface area (Å²) < 4.78 is 4.85. The van der Waals surface area contributed by atoms with Gasteiger partial charge in [-0.3, -0.25) is 14.4 Å². The van der Waals surface area contributed by atoms with Crippen LogP contribution >= 0.6 is 0 Å². The van der Waals surface area contributed by atoms with Crippen LogP contribution in [0.3, 0.4) is 0 Å². The first-order valence-electron chi connectivity index (χ1n) is 9.83. The third kappa shape index (κ3) is 15.0. The number of aliphatic hydroxyl groups is 1. The summed E-state index contributed by atoms with van der Waals surface area (Å²) in [6, 6.07) is 0. The lowest BCUT2D eigenvalue weighted by molar-refractivity contribution is -0.144. The Morgan fingerprint density at radius 2 is 1.38 bits per heavy atom. The van der Waals surface area contributed by atoms with Gasteiger partial charge in [-0.25, -0.2) is 0 Å². The molecule has 0 radical (unpaired) electrons. The van der Waals surface area contributed by atoms with Crippen molar-refractivity contribution >= 4 is 17.5 Å². The van der Waals surface area contributed by atoms with Crippen LogP contribution in [0.15, 0.2) is 0 Å². The molecule has 0 saturated carbocycles. The molecule has 6 nitrogen and oxygen atoms in total. The Kier molecular flexibility index (Phi) is 19.2. The van der Waals surface area contributed by atoms with Crippen molar-refractivity contribution in [3.05, 3.63) is 0 Å². The Morgan fingerprint density at radius 1 is 0.846 bits per heavy atom. The second kappa shape index (κ2) is 18.5. The Hall–Kier alpha value is -1.27. The van der Waals surface area contributed by atoms with E-state index in [4.69, 9.17) is 14.9 Å².